The minimum atomic E-state index is -1.11. The van der Waals surface area contributed by atoms with Crippen LogP contribution in [0.5, 0.6) is 0 Å². The fourth-order valence-electron chi connectivity index (χ4n) is 4.20. The summed E-state index contributed by atoms with van der Waals surface area (Å²) in [6.45, 7) is 4.58. The molecule has 0 radical (unpaired) electrons. The van der Waals surface area contributed by atoms with Crippen molar-refractivity contribution < 1.29 is 42.9 Å². The zero-order valence-electron chi connectivity index (χ0n) is 19.2. The molecule has 11 heteroatoms. The summed E-state index contributed by atoms with van der Waals surface area (Å²) in [6, 6.07) is 2.74. The minimum Gasteiger partial charge on any atom is -0.434 e. The van der Waals surface area contributed by atoms with Gasteiger partial charge in [-0.25, -0.2) is 14.0 Å². The zero-order valence-corrected chi connectivity index (χ0v) is 19.9. The first-order valence-corrected chi connectivity index (χ1v) is 11.1. The zero-order chi connectivity index (χ0) is 24.2. The van der Waals surface area contributed by atoms with E-state index in [9.17, 15) is 9.59 Å². The van der Waals surface area contributed by atoms with E-state index in [1.54, 1.807) is 26.0 Å². The lowest BCUT2D eigenvalue weighted by Crippen LogP contribution is -3.20. The number of hydroxylamine groups is 4. The summed E-state index contributed by atoms with van der Waals surface area (Å²) in [5.74, 6) is -1.30. The molecule has 1 spiro atoms. The first kappa shape index (κ1) is 25.5. The Morgan fingerprint density at radius 1 is 1.24 bits per heavy atom. The second-order valence-electron chi connectivity index (χ2n) is 7.74. The summed E-state index contributed by atoms with van der Waals surface area (Å²) < 4.78 is 30.7. The largest absolute Gasteiger partial charge is 0.513 e. The molecule has 2 aliphatic heterocycles. The third-order valence-corrected chi connectivity index (χ3v) is 6.37. The highest BCUT2D eigenvalue weighted by atomic mass is 35.5. The second kappa shape index (κ2) is 10.9. The number of aryl methyl sites for hydroxylation is 1. The molecular weight excluding hydrogens is 459 g/mol. The molecule has 1 unspecified atom stereocenters. The normalized spacial score (nSPS) is 20.5. The number of halogens is 2. The van der Waals surface area contributed by atoms with Crippen molar-refractivity contribution in [2.45, 2.75) is 32.2 Å². The number of quaternary nitrogens is 1. The number of amides is 1. The van der Waals surface area contributed by atoms with E-state index in [1.165, 1.54) is 19.2 Å². The number of benzene rings is 1. The summed E-state index contributed by atoms with van der Waals surface area (Å²) in [7, 11) is 3.06. The van der Waals surface area contributed by atoms with Gasteiger partial charge in [-0.3, -0.25) is 0 Å². The fraction of sp³-hybridized carbons (Fsp3) is 0.545. The standard InChI is InChI=1S/C22H28ClFN2O7/c1-5-31-21(28)33-19-17(16-15(24)7-6-14(2)18(16)23)20(27)26(32-13-12-29-3)22(19)8-10-25(30-4)11-9-22/h6-7H,5,8-13H2,1-4H3/p+1. The van der Waals surface area contributed by atoms with Crippen molar-refractivity contribution in [2.24, 2.45) is 0 Å². The van der Waals surface area contributed by atoms with Crippen molar-refractivity contribution in [3.63, 3.8) is 0 Å². The van der Waals surface area contributed by atoms with Crippen LogP contribution in [0.4, 0.5) is 9.18 Å². The van der Waals surface area contributed by atoms with E-state index in [1.807, 2.05) is 0 Å². The average molecular weight is 488 g/mol. The predicted octanol–water partition coefficient (Wildman–Crippen LogP) is 2.07. The number of carbonyl (C=O) groups excluding carboxylic acids is 2. The van der Waals surface area contributed by atoms with Crippen LogP contribution in [0, 0.1) is 12.7 Å². The molecule has 1 saturated heterocycles. The number of hydrogen-bond acceptors (Lipinski definition) is 8. The number of methoxy groups -OCH3 is 1. The molecule has 0 aromatic heterocycles. The van der Waals surface area contributed by atoms with Crippen LogP contribution in [0.2, 0.25) is 5.02 Å². The van der Waals surface area contributed by atoms with Gasteiger partial charge < -0.3 is 19.0 Å². The fourth-order valence-corrected chi connectivity index (χ4v) is 4.45. The second-order valence-corrected chi connectivity index (χ2v) is 8.11. The number of nitrogens with one attached hydrogen (secondary N) is 1. The predicted molar refractivity (Wildman–Crippen MR) is 116 cm³/mol. The summed E-state index contributed by atoms with van der Waals surface area (Å²) in [4.78, 5) is 37.4. The van der Waals surface area contributed by atoms with Gasteiger partial charge in [0, 0.05) is 38.6 Å². The van der Waals surface area contributed by atoms with Crippen molar-refractivity contribution in [3.8, 4) is 0 Å². The molecule has 1 aromatic rings. The Morgan fingerprint density at radius 3 is 2.55 bits per heavy atom. The first-order valence-electron chi connectivity index (χ1n) is 10.7. The van der Waals surface area contributed by atoms with Gasteiger partial charge in [0.05, 0.1) is 25.3 Å². The van der Waals surface area contributed by atoms with Crippen LogP contribution in [0.25, 0.3) is 5.57 Å². The third-order valence-electron chi connectivity index (χ3n) is 5.88. The van der Waals surface area contributed by atoms with Crippen LogP contribution in [-0.4, -0.2) is 69.8 Å². The lowest BCUT2D eigenvalue weighted by Gasteiger charge is -2.39. The molecule has 33 heavy (non-hydrogen) atoms. The summed E-state index contributed by atoms with van der Waals surface area (Å²) in [6.07, 6.45) is -0.329. The molecule has 1 atom stereocenters. The van der Waals surface area contributed by atoms with Gasteiger partial charge in [-0.05, 0) is 25.5 Å². The van der Waals surface area contributed by atoms with Gasteiger partial charge in [0.2, 0.25) is 0 Å². The van der Waals surface area contributed by atoms with E-state index in [0.717, 1.165) is 0 Å². The SMILES string of the molecule is CCOC(=O)OC1=C(c2c(F)ccc(C)c2Cl)C(=O)[NH+](OCCOC)C12CCN(OC)CC2. The molecule has 1 fully saturated rings. The van der Waals surface area contributed by atoms with E-state index < -0.39 is 23.4 Å². The Hall–Kier alpha value is -2.08. The van der Waals surface area contributed by atoms with E-state index in [-0.39, 0.29) is 46.8 Å². The minimum absolute atomic E-state index is 0.0134. The van der Waals surface area contributed by atoms with Gasteiger partial charge in [-0.15, -0.1) is 5.06 Å². The van der Waals surface area contributed by atoms with Crippen molar-refractivity contribution in [2.75, 3.05) is 47.1 Å². The van der Waals surface area contributed by atoms with Crippen molar-refractivity contribution in [1.29, 1.82) is 0 Å². The molecule has 0 saturated carbocycles. The maximum atomic E-state index is 15.1. The molecular formula is C22H29ClFN2O7+. The smallest absolute Gasteiger partial charge is 0.434 e. The molecule has 9 nitrogen and oxygen atoms in total. The molecule has 0 bridgehead atoms. The van der Waals surface area contributed by atoms with Crippen LogP contribution in [0.15, 0.2) is 17.9 Å². The van der Waals surface area contributed by atoms with Crippen molar-refractivity contribution >= 4 is 29.2 Å². The van der Waals surface area contributed by atoms with E-state index in [0.29, 0.717) is 31.5 Å². The molecule has 0 aliphatic carbocycles. The molecule has 1 amide bonds. The summed E-state index contributed by atoms with van der Waals surface area (Å²) in [5.41, 5.74) is -0.796. The monoisotopic (exact) mass is 487 g/mol. The lowest BCUT2D eigenvalue weighted by atomic mass is 9.85. The number of piperidine rings is 1. The van der Waals surface area contributed by atoms with E-state index >= 15 is 4.39 Å². The number of rotatable bonds is 8. The Morgan fingerprint density at radius 2 is 1.94 bits per heavy atom. The Labute approximate surface area is 196 Å². The topological polar surface area (TPSA) is 88.0 Å². The quantitative estimate of drug-likeness (QED) is 0.440. The Kier molecular flexibility index (Phi) is 8.43. The molecule has 1 aromatic carbocycles. The molecule has 3 rings (SSSR count). The van der Waals surface area contributed by atoms with Crippen molar-refractivity contribution in [1.82, 2.24) is 5.06 Å². The number of ether oxygens (including phenoxy) is 3. The van der Waals surface area contributed by atoms with Crippen molar-refractivity contribution in [3.05, 3.63) is 39.9 Å². The first-order chi connectivity index (χ1) is 15.8. The maximum Gasteiger partial charge on any atom is 0.513 e. The van der Waals surface area contributed by atoms with Crippen LogP contribution in [-0.2, 0) is 28.7 Å². The number of carbonyl (C=O) groups is 2. The average Bonchev–Trinajstić information content (AvgIpc) is 3.00. The lowest BCUT2D eigenvalue weighted by molar-refractivity contribution is -1.06. The van der Waals surface area contributed by atoms with Crippen LogP contribution in [0.1, 0.15) is 30.9 Å². The van der Waals surface area contributed by atoms with Gasteiger partial charge in [-0.2, -0.15) is 9.90 Å². The highest BCUT2D eigenvalue weighted by Gasteiger charge is 2.63. The molecule has 1 N–H and O–H groups in total. The van der Waals surface area contributed by atoms with Gasteiger partial charge >= 0.3 is 12.1 Å². The van der Waals surface area contributed by atoms with E-state index in [2.05, 4.69) is 0 Å². The summed E-state index contributed by atoms with van der Waals surface area (Å²) >= 11 is 6.46. The van der Waals surface area contributed by atoms with Gasteiger partial charge in [0.1, 0.15) is 18.0 Å². The third kappa shape index (κ3) is 4.91. The molecule has 2 heterocycles. The van der Waals surface area contributed by atoms with E-state index in [4.69, 9.17) is 35.5 Å². The van der Waals surface area contributed by atoms with Crippen LogP contribution < -0.4 is 5.06 Å². The van der Waals surface area contributed by atoms with Gasteiger partial charge in [0.25, 0.3) is 0 Å². The van der Waals surface area contributed by atoms with Gasteiger partial charge in [0.15, 0.2) is 11.3 Å². The number of hydrogen-bond donors (Lipinski definition) is 1. The molecule has 182 valence electrons. The Bertz CT molecular complexity index is 932. The Balaban J connectivity index is 2.19. The van der Waals surface area contributed by atoms with Crippen LogP contribution in [0.3, 0.4) is 0 Å². The maximum absolute atomic E-state index is 15.1. The number of nitrogens with zero attached hydrogens (tertiary/aromatic N) is 1. The molecule has 2 aliphatic rings. The summed E-state index contributed by atoms with van der Waals surface area (Å²) in [5, 5.41) is 1.86. The van der Waals surface area contributed by atoms with Gasteiger partial charge in [-0.1, -0.05) is 17.7 Å². The highest BCUT2D eigenvalue weighted by molar-refractivity contribution is 6.35. The highest BCUT2D eigenvalue weighted by Crippen LogP contribution is 2.41. The van der Waals surface area contributed by atoms with Crippen LogP contribution >= 0.6 is 11.6 Å².